The normalized spacial score (nSPS) is 13.2. The Morgan fingerprint density at radius 2 is 0.487 bits per heavy atom. The molecule has 0 spiro atoms. The summed E-state index contributed by atoms with van der Waals surface area (Å²) in [6.45, 7) is 6.32. The number of allylic oxidation sites excluding steroid dienone is 26. The molecular weight excluding hydrogens is 985 g/mol. The molecule has 0 aromatic carbocycles. The molecule has 0 radical (unpaired) electrons. The van der Waals surface area contributed by atoms with Gasteiger partial charge in [-0.15, -0.1) is 0 Å². The van der Waals surface area contributed by atoms with Crippen LogP contribution in [0.2, 0.25) is 0 Å². The molecule has 6 nitrogen and oxygen atoms in total. The fraction of sp³-hybridized carbons (Fsp3) is 0.608. The third-order valence-electron chi connectivity index (χ3n) is 13.2. The van der Waals surface area contributed by atoms with E-state index >= 15 is 0 Å². The molecule has 0 aromatic rings. The van der Waals surface area contributed by atoms with E-state index in [1.807, 2.05) is 0 Å². The second-order valence-electron chi connectivity index (χ2n) is 20.9. The highest BCUT2D eigenvalue weighted by atomic mass is 16.6. The van der Waals surface area contributed by atoms with Crippen LogP contribution in [0.4, 0.5) is 0 Å². The van der Waals surface area contributed by atoms with Gasteiger partial charge in [0.05, 0.1) is 0 Å². The predicted molar refractivity (Wildman–Crippen MR) is 348 cm³/mol. The lowest BCUT2D eigenvalue weighted by Crippen LogP contribution is -2.30. The molecule has 0 bridgehead atoms. The maximum atomic E-state index is 12.9. The molecule has 0 N–H and O–H groups in total. The van der Waals surface area contributed by atoms with Crippen LogP contribution in [0.15, 0.2) is 158 Å². The number of unbranched alkanes of at least 4 members (excludes halogenated alkanes) is 20. The van der Waals surface area contributed by atoms with Gasteiger partial charge in [0.2, 0.25) is 0 Å². The highest BCUT2D eigenvalue weighted by Crippen LogP contribution is 2.15. The van der Waals surface area contributed by atoms with Crippen molar-refractivity contribution in [1.82, 2.24) is 0 Å². The summed E-state index contributed by atoms with van der Waals surface area (Å²) in [6.07, 6.45) is 96.9. The van der Waals surface area contributed by atoms with Crippen molar-refractivity contribution in [1.29, 1.82) is 0 Å². The van der Waals surface area contributed by atoms with Crippen molar-refractivity contribution in [2.24, 2.45) is 0 Å². The molecule has 0 saturated heterocycles. The van der Waals surface area contributed by atoms with Crippen LogP contribution in [-0.2, 0) is 28.6 Å². The Balaban J connectivity index is 4.24. The first-order chi connectivity index (χ1) is 39.5. The fourth-order valence-corrected chi connectivity index (χ4v) is 8.43. The van der Waals surface area contributed by atoms with Crippen molar-refractivity contribution < 1.29 is 28.6 Å². The minimum atomic E-state index is -0.806. The Kier molecular flexibility index (Phi) is 62.4. The second-order valence-corrected chi connectivity index (χ2v) is 20.9. The van der Waals surface area contributed by atoms with Crippen molar-refractivity contribution in [3.63, 3.8) is 0 Å². The average molecular weight is 1100 g/mol. The van der Waals surface area contributed by atoms with Gasteiger partial charge in [0.25, 0.3) is 0 Å². The zero-order chi connectivity index (χ0) is 57.8. The molecule has 0 rings (SSSR count). The van der Waals surface area contributed by atoms with Gasteiger partial charge in [-0.05, 0) is 141 Å². The lowest BCUT2D eigenvalue weighted by atomic mass is 10.1. The smallest absolute Gasteiger partial charge is 0.306 e. The molecule has 0 aliphatic carbocycles. The maximum absolute atomic E-state index is 12.9. The number of carbonyl (C=O) groups excluding carboxylic acids is 3. The Hall–Kier alpha value is -4.97. The molecule has 0 aliphatic rings. The largest absolute Gasteiger partial charge is 0.462 e. The highest BCUT2D eigenvalue weighted by molar-refractivity contribution is 5.71. The van der Waals surface area contributed by atoms with Gasteiger partial charge in [-0.3, -0.25) is 14.4 Å². The van der Waals surface area contributed by atoms with Gasteiger partial charge in [0, 0.05) is 19.3 Å². The van der Waals surface area contributed by atoms with E-state index in [0.717, 1.165) is 167 Å². The maximum Gasteiger partial charge on any atom is 0.306 e. The summed E-state index contributed by atoms with van der Waals surface area (Å²) in [6, 6.07) is 0. The highest BCUT2D eigenvalue weighted by Gasteiger charge is 2.19. The topological polar surface area (TPSA) is 78.9 Å². The Morgan fingerprint density at radius 3 is 0.775 bits per heavy atom. The number of hydrogen-bond acceptors (Lipinski definition) is 6. The summed E-state index contributed by atoms with van der Waals surface area (Å²) in [4.78, 5) is 38.2. The van der Waals surface area contributed by atoms with Crippen molar-refractivity contribution in [2.75, 3.05) is 13.2 Å². The Morgan fingerprint density at radius 1 is 0.263 bits per heavy atom. The van der Waals surface area contributed by atoms with Crippen LogP contribution in [0.3, 0.4) is 0 Å². The van der Waals surface area contributed by atoms with E-state index < -0.39 is 6.10 Å². The molecule has 0 aliphatic heterocycles. The van der Waals surface area contributed by atoms with E-state index in [1.165, 1.54) is 64.2 Å². The first kappa shape index (κ1) is 75.0. The molecule has 450 valence electrons. The number of carbonyl (C=O) groups is 3. The fourth-order valence-electron chi connectivity index (χ4n) is 8.43. The van der Waals surface area contributed by atoms with Crippen LogP contribution in [-0.4, -0.2) is 37.2 Å². The number of rotatable bonds is 57. The third-order valence-corrected chi connectivity index (χ3v) is 13.2. The first-order valence-corrected chi connectivity index (χ1v) is 32.5. The molecular formula is C74H118O6. The van der Waals surface area contributed by atoms with Crippen molar-refractivity contribution >= 4 is 17.9 Å². The summed E-state index contributed by atoms with van der Waals surface area (Å²) in [5.41, 5.74) is 0. The molecule has 0 amide bonds. The SMILES string of the molecule is CC/C=C\C/C=C\C/C=C\C/C=C\C/C=C\C/C=C\C/C=C\C/C=C\CCCCCCCCCCCCC(=O)OCC(COC(=O)CCCCC/C=C\C/C=C\C/C=C\CC)OC(=O)CCCCCCC/C=C\C/C=C\CCCC. The summed E-state index contributed by atoms with van der Waals surface area (Å²) in [7, 11) is 0. The quantitative estimate of drug-likeness (QED) is 0.0261. The van der Waals surface area contributed by atoms with E-state index in [2.05, 4.69) is 179 Å². The molecule has 0 heterocycles. The molecule has 6 heteroatoms. The van der Waals surface area contributed by atoms with Crippen LogP contribution in [0.5, 0.6) is 0 Å². The molecule has 0 fully saturated rings. The van der Waals surface area contributed by atoms with Crippen LogP contribution in [0.25, 0.3) is 0 Å². The van der Waals surface area contributed by atoms with Gasteiger partial charge in [-0.2, -0.15) is 0 Å². The first-order valence-electron chi connectivity index (χ1n) is 32.5. The molecule has 0 aromatic heterocycles. The third kappa shape index (κ3) is 63.9. The molecule has 1 atom stereocenters. The van der Waals surface area contributed by atoms with E-state index in [0.29, 0.717) is 19.3 Å². The lowest BCUT2D eigenvalue weighted by molar-refractivity contribution is -0.167. The van der Waals surface area contributed by atoms with Crippen LogP contribution >= 0.6 is 0 Å². The van der Waals surface area contributed by atoms with Gasteiger partial charge in [-0.25, -0.2) is 0 Å². The van der Waals surface area contributed by atoms with Crippen molar-refractivity contribution in [2.45, 2.75) is 277 Å². The van der Waals surface area contributed by atoms with E-state index in [9.17, 15) is 14.4 Å². The Bertz CT molecular complexity index is 1790. The molecule has 1 unspecified atom stereocenters. The van der Waals surface area contributed by atoms with E-state index in [4.69, 9.17) is 14.2 Å². The minimum absolute atomic E-state index is 0.100. The van der Waals surface area contributed by atoms with Crippen molar-refractivity contribution in [3.8, 4) is 0 Å². The zero-order valence-corrected chi connectivity index (χ0v) is 51.5. The van der Waals surface area contributed by atoms with Gasteiger partial charge in [-0.1, -0.05) is 269 Å². The average Bonchev–Trinajstić information content (AvgIpc) is 3.46. The van der Waals surface area contributed by atoms with Gasteiger partial charge < -0.3 is 14.2 Å². The summed E-state index contributed by atoms with van der Waals surface area (Å²) in [5.74, 6) is -0.952. The number of hydrogen-bond donors (Lipinski definition) is 0. The van der Waals surface area contributed by atoms with Crippen LogP contribution in [0.1, 0.15) is 271 Å². The van der Waals surface area contributed by atoms with Crippen molar-refractivity contribution in [3.05, 3.63) is 158 Å². The van der Waals surface area contributed by atoms with Gasteiger partial charge in [0.1, 0.15) is 13.2 Å². The minimum Gasteiger partial charge on any atom is -0.462 e. The molecule has 0 saturated carbocycles. The second kappa shape index (κ2) is 66.5. The van der Waals surface area contributed by atoms with Gasteiger partial charge >= 0.3 is 17.9 Å². The summed E-state index contributed by atoms with van der Waals surface area (Å²) < 4.78 is 16.8. The standard InChI is InChI=1S/C74H118O6/c1-4-7-10-13-16-19-22-25-27-28-29-30-31-32-33-34-35-36-37-38-39-40-41-42-43-44-45-46-47-50-52-55-58-61-64-67-73(76)79-70-71(69-78-72(75)66-63-60-57-54-51-48-24-21-18-15-12-9-6-3)80-74(77)68-65-62-59-56-53-49-26-23-20-17-14-11-8-5-2/h7,9-10,12,14,16-19,21,23,25-27,29-30,32-33,35-36,38-39,41-42,48,51,71H,4-6,8,11,13,15,20,22,24,28,31,34,37,40,43-47,49-50,52-70H2,1-3H3/b10-7-,12-9-,17-14-,19-16-,21-18-,26-23-,27-25-,30-29-,33-32-,36-35-,39-38-,42-41-,51-48-. The lowest BCUT2D eigenvalue weighted by Gasteiger charge is -2.18. The van der Waals surface area contributed by atoms with E-state index in [-0.39, 0.29) is 31.1 Å². The number of esters is 3. The summed E-state index contributed by atoms with van der Waals surface area (Å²) >= 11 is 0. The Labute approximate surface area is 492 Å². The summed E-state index contributed by atoms with van der Waals surface area (Å²) in [5, 5.41) is 0. The van der Waals surface area contributed by atoms with Crippen LogP contribution < -0.4 is 0 Å². The van der Waals surface area contributed by atoms with Gasteiger partial charge in [0.15, 0.2) is 6.10 Å². The van der Waals surface area contributed by atoms with E-state index in [1.54, 1.807) is 0 Å². The molecule has 80 heavy (non-hydrogen) atoms. The zero-order valence-electron chi connectivity index (χ0n) is 51.5. The van der Waals surface area contributed by atoms with Crippen LogP contribution in [0, 0.1) is 0 Å². The number of ether oxygens (including phenoxy) is 3. The predicted octanol–water partition coefficient (Wildman–Crippen LogP) is 22.5. The monoisotopic (exact) mass is 1100 g/mol.